The minimum absolute atomic E-state index is 0.133. The van der Waals surface area contributed by atoms with Crippen molar-refractivity contribution in [2.75, 3.05) is 68.1 Å². The molecule has 0 radical (unpaired) electrons. The molecule has 1 aromatic heterocycles. The van der Waals surface area contributed by atoms with Crippen molar-refractivity contribution in [3.63, 3.8) is 0 Å². The molecular weight excluding hydrogens is 519 g/mol. The Bertz CT molecular complexity index is 1370. The summed E-state index contributed by atoms with van der Waals surface area (Å²) < 4.78 is 14.3. The molecule has 9 nitrogen and oxygen atoms in total. The molecule has 1 aromatic carbocycles. The van der Waals surface area contributed by atoms with Crippen molar-refractivity contribution in [1.29, 1.82) is 5.26 Å². The van der Waals surface area contributed by atoms with Gasteiger partial charge in [0, 0.05) is 69.0 Å². The monoisotopic (exact) mass is 558 g/mol. The first-order valence-electron chi connectivity index (χ1n) is 14.8. The molecule has 6 rings (SSSR count). The van der Waals surface area contributed by atoms with Gasteiger partial charge in [-0.3, -0.25) is 4.79 Å². The predicted octanol–water partition coefficient (Wildman–Crippen LogP) is 2.79. The number of aromatic nitrogens is 2. The number of halogens is 1. The standard InChI is InChI=1S/C31H39FN8O/c1-4-29(41)40-15-14-37(18-24(40)11-12-33)30-26-10-9-23(39-13-5-6-21-7-8-22(32)16-28(21)39)17-27(26)34-31(35-30)38-19-25(20-38)36(2)3/h4,7-8,16,23-25H,1,5-6,9-11,13-15,17-20H2,2-3H3/t23-,24-/m0/s1. The predicted molar refractivity (Wildman–Crippen MR) is 158 cm³/mol. The minimum atomic E-state index is -0.216. The van der Waals surface area contributed by atoms with E-state index in [1.54, 1.807) is 17.0 Å². The molecule has 41 heavy (non-hydrogen) atoms. The van der Waals surface area contributed by atoms with Crippen LogP contribution in [-0.2, 0) is 24.1 Å². The van der Waals surface area contributed by atoms with E-state index in [4.69, 9.17) is 9.97 Å². The lowest BCUT2D eigenvalue weighted by Gasteiger charge is -2.45. The maximum absolute atomic E-state index is 14.3. The molecule has 0 spiro atoms. The maximum Gasteiger partial charge on any atom is 0.246 e. The lowest BCUT2D eigenvalue weighted by molar-refractivity contribution is -0.128. The highest BCUT2D eigenvalue weighted by Crippen LogP contribution is 2.37. The molecule has 216 valence electrons. The smallest absolute Gasteiger partial charge is 0.246 e. The molecule has 4 heterocycles. The van der Waals surface area contributed by atoms with Crippen LogP contribution in [0, 0.1) is 17.1 Å². The number of hydrogen-bond acceptors (Lipinski definition) is 8. The fraction of sp³-hybridized carbons (Fsp3) is 0.548. The molecule has 1 amide bonds. The fourth-order valence-corrected chi connectivity index (χ4v) is 6.87. The Hall–Kier alpha value is -3.71. The second-order valence-corrected chi connectivity index (χ2v) is 12.0. The Morgan fingerprint density at radius 1 is 1.17 bits per heavy atom. The number of carbonyl (C=O) groups is 1. The first-order chi connectivity index (χ1) is 19.9. The van der Waals surface area contributed by atoms with Crippen LogP contribution in [-0.4, -0.2) is 97.2 Å². The second-order valence-electron chi connectivity index (χ2n) is 12.0. The van der Waals surface area contributed by atoms with Gasteiger partial charge in [0.1, 0.15) is 11.6 Å². The van der Waals surface area contributed by atoms with Gasteiger partial charge in [-0.15, -0.1) is 0 Å². The van der Waals surface area contributed by atoms with Gasteiger partial charge in [0.25, 0.3) is 0 Å². The molecule has 0 bridgehead atoms. The van der Waals surface area contributed by atoms with Crippen molar-refractivity contribution in [3.8, 4) is 6.07 Å². The van der Waals surface area contributed by atoms with Gasteiger partial charge in [0.05, 0.1) is 24.2 Å². The number of aryl methyl sites for hydroxylation is 1. The summed E-state index contributed by atoms with van der Waals surface area (Å²) in [7, 11) is 4.20. The van der Waals surface area contributed by atoms with Crippen LogP contribution in [0.4, 0.5) is 21.8 Å². The van der Waals surface area contributed by atoms with Crippen molar-refractivity contribution in [2.45, 2.75) is 56.7 Å². The molecule has 0 unspecified atom stereocenters. The number of fused-ring (bicyclic) bond motifs is 2. The Kier molecular flexibility index (Phi) is 7.56. The van der Waals surface area contributed by atoms with E-state index in [0.29, 0.717) is 25.7 Å². The number of carbonyl (C=O) groups excluding carboxylic acids is 1. The van der Waals surface area contributed by atoms with E-state index in [2.05, 4.69) is 46.3 Å². The summed E-state index contributed by atoms with van der Waals surface area (Å²) in [5.74, 6) is 1.37. The van der Waals surface area contributed by atoms with Gasteiger partial charge in [-0.2, -0.15) is 10.2 Å². The molecule has 2 fully saturated rings. The zero-order valence-corrected chi connectivity index (χ0v) is 24.1. The van der Waals surface area contributed by atoms with E-state index in [0.717, 1.165) is 74.9 Å². The van der Waals surface area contributed by atoms with Gasteiger partial charge in [-0.05, 0) is 63.6 Å². The van der Waals surface area contributed by atoms with Crippen molar-refractivity contribution < 1.29 is 9.18 Å². The van der Waals surface area contributed by atoms with E-state index in [9.17, 15) is 14.4 Å². The van der Waals surface area contributed by atoms with Crippen LogP contribution in [0.2, 0.25) is 0 Å². The summed E-state index contributed by atoms with van der Waals surface area (Å²) >= 11 is 0. The van der Waals surface area contributed by atoms with Crippen LogP contribution in [0.5, 0.6) is 0 Å². The molecular formula is C31H39FN8O. The van der Waals surface area contributed by atoms with E-state index in [-0.39, 0.29) is 30.2 Å². The lowest BCUT2D eigenvalue weighted by atomic mass is 9.88. The zero-order chi connectivity index (χ0) is 28.7. The van der Waals surface area contributed by atoms with E-state index in [1.807, 2.05) is 6.07 Å². The minimum Gasteiger partial charge on any atom is -0.368 e. The number of piperazine rings is 1. The number of anilines is 3. The first-order valence-corrected chi connectivity index (χ1v) is 14.8. The maximum atomic E-state index is 14.3. The van der Waals surface area contributed by atoms with Gasteiger partial charge in [0.15, 0.2) is 0 Å². The zero-order valence-electron chi connectivity index (χ0n) is 24.1. The van der Waals surface area contributed by atoms with E-state index < -0.39 is 0 Å². The third-order valence-electron chi connectivity index (χ3n) is 9.30. The van der Waals surface area contributed by atoms with Crippen molar-refractivity contribution >= 4 is 23.4 Å². The molecule has 0 N–H and O–H groups in total. The van der Waals surface area contributed by atoms with Crippen LogP contribution >= 0.6 is 0 Å². The summed E-state index contributed by atoms with van der Waals surface area (Å²) in [5, 5.41) is 9.51. The average molecular weight is 559 g/mol. The number of nitriles is 1. The summed E-state index contributed by atoms with van der Waals surface area (Å²) in [6, 6.07) is 7.97. The average Bonchev–Trinajstić information content (AvgIpc) is 2.95. The number of likely N-dealkylation sites (N-methyl/N-ethyl adjacent to an activating group) is 1. The normalized spacial score (nSPS) is 22.6. The topological polar surface area (TPSA) is 82.8 Å². The number of hydrogen-bond donors (Lipinski definition) is 0. The lowest BCUT2D eigenvalue weighted by Crippen LogP contribution is -2.58. The fourth-order valence-electron chi connectivity index (χ4n) is 6.87. The number of benzene rings is 1. The van der Waals surface area contributed by atoms with Gasteiger partial charge in [0.2, 0.25) is 11.9 Å². The largest absolute Gasteiger partial charge is 0.368 e. The van der Waals surface area contributed by atoms with E-state index in [1.165, 1.54) is 17.2 Å². The summed E-state index contributed by atoms with van der Waals surface area (Å²) in [5.41, 5.74) is 4.49. The number of rotatable bonds is 6. The van der Waals surface area contributed by atoms with Crippen molar-refractivity contribution in [1.82, 2.24) is 19.8 Å². The Morgan fingerprint density at radius 2 is 2.00 bits per heavy atom. The van der Waals surface area contributed by atoms with Crippen molar-refractivity contribution in [2.24, 2.45) is 0 Å². The molecule has 2 aromatic rings. The summed E-state index contributed by atoms with van der Waals surface area (Å²) in [6.45, 7) is 8.06. The van der Waals surface area contributed by atoms with E-state index >= 15 is 0 Å². The molecule has 2 saturated heterocycles. The van der Waals surface area contributed by atoms with Crippen LogP contribution in [0.3, 0.4) is 0 Å². The van der Waals surface area contributed by atoms with Gasteiger partial charge in [-0.1, -0.05) is 12.6 Å². The summed E-state index contributed by atoms with van der Waals surface area (Å²) in [6.07, 6.45) is 6.22. The second kappa shape index (κ2) is 11.3. The highest BCUT2D eigenvalue weighted by atomic mass is 19.1. The molecule has 1 aliphatic carbocycles. The molecule has 10 heteroatoms. The number of amides is 1. The van der Waals surface area contributed by atoms with Crippen LogP contribution in [0.1, 0.15) is 36.1 Å². The molecule has 0 saturated carbocycles. The quantitative estimate of drug-likeness (QED) is 0.501. The van der Waals surface area contributed by atoms with Crippen LogP contribution in [0.15, 0.2) is 30.9 Å². The number of nitrogens with zero attached hydrogens (tertiary/aromatic N) is 8. The van der Waals surface area contributed by atoms with Gasteiger partial charge in [-0.25, -0.2) is 9.37 Å². The first kappa shape index (κ1) is 27.5. The Labute approximate surface area is 241 Å². The van der Waals surface area contributed by atoms with Gasteiger partial charge >= 0.3 is 0 Å². The van der Waals surface area contributed by atoms with Crippen LogP contribution in [0.25, 0.3) is 0 Å². The highest BCUT2D eigenvalue weighted by molar-refractivity contribution is 5.87. The Morgan fingerprint density at radius 3 is 2.76 bits per heavy atom. The molecule has 4 aliphatic rings. The molecule has 3 aliphatic heterocycles. The van der Waals surface area contributed by atoms with Gasteiger partial charge < -0.3 is 24.5 Å². The Balaban J connectivity index is 1.32. The SMILES string of the molecule is C=CC(=O)N1CCN(c2nc(N3CC(N(C)C)C3)nc3c2CC[C@H](N2CCCc4ccc(F)cc42)C3)C[C@@H]1CC#N. The van der Waals surface area contributed by atoms with Crippen LogP contribution < -0.4 is 14.7 Å². The third kappa shape index (κ3) is 5.23. The summed E-state index contributed by atoms with van der Waals surface area (Å²) in [4.78, 5) is 33.7. The highest BCUT2D eigenvalue weighted by Gasteiger charge is 2.37. The molecule has 2 atom stereocenters. The third-order valence-corrected chi connectivity index (χ3v) is 9.30. The van der Waals surface area contributed by atoms with Crippen molar-refractivity contribution in [3.05, 3.63) is 53.5 Å².